The van der Waals surface area contributed by atoms with Crippen LogP contribution in [0.2, 0.25) is 5.02 Å². The molecule has 0 bridgehead atoms. The molecule has 1 rings (SSSR count). The van der Waals surface area contributed by atoms with E-state index < -0.39 is 0 Å². The molecule has 1 atom stereocenters. The standard InChI is InChI=1S/C15H24ClNO/c1-11(2)17-9-5-6-13(4)18-15-8-7-12(3)10-14(15)16/h7-8,10-11,13,17H,5-6,9H2,1-4H3. The lowest BCUT2D eigenvalue weighted by Gasteiger charge is -2.16. The zero-order chi connectivity index (χ0) is 13.5. The highest BCUT2D eigenvalue weighted by Crippen LogP contribution is 2.26. The molecule has 2 nitrogen and oxygen atoms in total. The highest BCUT2D eigenvalue weighted by molar-refractivity contribution is 6.32. The minimum Gasteiger partial charge on any atom is -0.489 e. The highest BCUT2D eigenvalue weighted by Gasteiger charge is 2.07. The van der Waals surface area contributed by atoms with E-state index in [0.717, 1.165) is 30.7 Å². The van der Waals surface area contributed by atoms with E-state index >= 15 is 0 Å². The average Bonchev–Trinajstić information content (AvgIpc) is 2.28. The first-order valence-electron chi connectivity index (χ1n) is 6.65. The highest BCUT2D eigenvalue weighted by atomic mass is 35.5. The van der Waals surface area contributed by atoms with Crippen LogP contribution in [-0.2, 0) is 0 Å². The van der Waals surface area contributed by atoms with Gasteiger partial charge in [-0.2, -0.15) is 0 Å². The number of rotatable bonds is 7. The predicted molar refractivity (Wildman–Crippen MR) is 78.7 cm³/mol. The van der Waals surface area contributed by atoms with Crippen molar-refractivity contribution >= 4 is 11.6 Å². The van der Waals surface area contributed by atoms with Gasteiger partial charge in [-0.25, -0.2) is 0 Å². The topological polar surface area (TPSA) is 21.3 Å². The smallest absolute Gasteiger partial charge is 0.138 e. The van der Waals surface area contributed by atoms with Gasteiger partial charge in [0, 0.05) is 6.04 Å². The molecule has 1 N–H and O–H groups in total. The maximum absolute atomic E-state index is 6.14. The van der Waals surface area contributed by atoms with Crippen LogP contribution in [0.5, 0.6) is 5.75 Å². The van der Waals surface area contributed by atoms with Gasteiger partial charge in [0.1, 0.15) is 5.75 Å². The minimum atomic E-state index is 0.194. The lowest BCUT2D eigenvalue weighted by molar-refractivity contribution is 0.207. The summed E-state index contributed by atoms with van der Waals surface area (Å²) in [7, 11) is 0. The van der Waals surface area contributed by atoms with E-state index in [2.05, 4.69) is 26.1 Å². The van der Waals surface area contributed by atoms with Crippen molar-refractivity contribution in [2.75, 3.05) is 6.54 Å². The van der Waals surface area contributed by atoms with Crippen molar-refractivity contribution in [3.63, 3.8) is 0 Å². The molecule has 0 aliphatic heterocycles. The SMILES string of the molecule is Cc1ccc(OC(C)CCCNC(C)C)c(Cl)c1. The maximum Gasteiger partial charge on any atom is 0.138 e. The molecule has 1 aromatic rings. The van der Waals surface area contributed by atoms with Crippen LogP contribution < -0.4 is 10.1 Å². The summed E-state index contributed by atoms with van der Waals surface area (Å²) in [6.07, 6.45) is 2.34. The van der Waals surface area contributed by atoms with E-state index in [-0.39, 0.29) is 6.10 Å². The van der Waals surface area contributed by atoms with Crippen molar-refractivity contribution in [2.45, 2.75) is 52.7 Å². The summed E-state index contributed by atoms with van der Waals surface area (Å²) in [6, 6.07) is 6.45. The molecule has 0 saturated carbocycles. The van der Waals surface area contributed by atoms with E-state index in [1.807, 2.05) is 25.1 Å². The van der Waals surface area contributed by atoms with Crippen LogP contribution in [0.25, 0.3) is 0 Å². The summed E-state index contributed by atoms with van der Waals surface area (Å²) in [5.41, 5.74) is 1.15. The molecule has 102 valence electrons. The summed E-state index contributed by atoms with van der Waals surface area (Å²) in [4.78, 5) is 0. The Morgan fingerprint density at radius 2 is 2.00 bits per heavy atom. The second-order valence-electron chi connectivity index (χ2n) is 5.11. The van der Waals surface area contributed by atoms with Gasteiger partial charge in [0.15, 0.2) is 0 Å². The molecule has 0 saturated heterocycles. The predicted octanol–water partition coefficient (Wildman–Crippen LogP) is 4.19. The second-order valence-corrected chi connectivity index (χ2v) is 5.52. The van der Waals surface area contributed by atoms with Gasteiger partial charge in [0.25, 0.3) is 0 Å². The van der Waals surface area contributed by atoms with Crippen LogP contribution in [0, 0.1) is 6.92 Å². The fraction of sp³-hybridized carbons (Fsp3) is 0.600. The first-order valence-corrected chi connectivity index (χ1v) is 7.03. The van der Waals surface area contributed by atoms with Crippen LogP contribution in [0.1, 0.15) is 39.2 Å². The van der Waals surface area contributed by atoms with Crippen LogP contribution in [0.4, 0.5) is 0 Å². The van der Waals surface area contributed by atoms with Crippen molar-refractivity contribution in [3.8, 4) is 5.75 Å². The Kier molecular flexibility index (Phi) is 6.51. The molecule has 18 heavy (non-hydrogen) atoms. The third kappa shape index (κ3) is 5.74. The van der Waals surface area contributed by atoms with Gasteiger partial charge in [0.2, 0.25) is 0 Å². The molecule has 0 spiro atoms. The van der Waals surface area contributed by atoms with E-state index in [1.165, 1.54) is 0 Å². The maximum atomic E-state index is 6.14. The molecule has 0 fully saturated rings. The van der Waals surface area contributed by atoms with Crippen molar-refractivity contribution in [1.82, 2.24) is 5.32 Å². The van der Waals surface area contributed by atoms with E-state index in [9.17, 15) is 0 Å². The first-order chi connectivity index (χ1) is 8.49. The Hall–Kier alpha value is -0.730. The number of benzene rings is 1. The van der Waals surface area contributed by atoms with E-state index in [0.29, 0.717) is 11.1 Å². The summed E-state index contributed by atoms with van der Waals surface area (Å²) < 4.78 is 5.85. The molecule has 0 radical (unpaired) electrons. The molecule has 0 aliphatic rings. The van der Waals surface area contributed by atoms with E-state index in [4.69, 9.17) is 16.3 Å². The van der Waals surface area contributed by atoms with Crippen molar-refractivity contribution in [2.24, 2.45) is 0 Å². The van der Waals surface area contributed by atoms with Crippen molar-refractivity contribution in [1.29, 1.82) is 0 Å². The average molecular weight is 270 g/mol. The van der Waals surface area contributed by atoms with Gasteiger partial charge in [0.05, 0.1) is 11.1 Å². The molecule has 0 heterocycles. The van der Waals surface area contributed by atoms with Gasteiger partial charge in [-0.15, -0.1) is 0 Å². The summed E-state index contributed by atoms with van der Waals surface area (Å²) in [5, 5.41) is 4.10. The molecule has 0 aromatic heterocycles. The summed E-state index contributed by atoms with van der Waals surface area (Å²) >= 11 is 6.14. The van der Waals surface area contributed by atoms with E-state index in [1.54, 1.807) is 0 Å². The Bertz CT molecular complexity index is 366. The lowest BCUT2D eigenvalue weighted by atomic mass is 10.2. The zero-order valence-electron chi connectivity index (χ0n) is 11.8. The Labute approximate surface area is 116 Å². The number of hydrogen-bond donors (Lipinski definition) is 1. The van der Waals surface area contributed by atoms with Gasteiger partial charge >= 0.3 is 0 Å². The number of ether oxygens (including phenoxy) is 1. The molecular formula is C15H24ClNO. The zero-order valence-corrected chi connectivity index (χ0v) is 12.6. The Morgan fingerprint density at radius 1 is 1.28 bits per heavy atom. The third-order valence-corrected chi connectivity index (χ3v) is 3.05. The molecule has 1 aromatic carbocycles. The van der Waals surface area contributed by atoms with Crippen LogP contribution in [0.3, 0.4) is 0 Å². The van der Waals surface area contributed by atoms with Crippen molar-refractivity contribution < 1.29 is 4.74 Å². The lowest BCUT2D eigenvalue weighted by Crippen LogP contribution is -2.25. The Balaban J connectivity index is 2.33. The molecule has 1 unspecified atom stereocenters. The van der Waals surface area contributed by atoms with Crippen LogP contribution in [0.15, 0.2) is 18.2 Å². The second kappa shape index (κ2) is 7.65. The third-order valence-electron chi connectivity index (χ3n) is 2.76. The normalized spacial score (nSPS) is 12.8. The number of halogens is 1. The summed E-state index contributed by atoms with van der Waals surface area (Å²) in [5.74, 6) is 0.784. The minimum absolute atomic E-state index is 0.194. The van der Waals surface area contributed by atoms with Gasteiger partial charge in [-0.3, -0.25) is 0 Å². The number of nitrogens with one attached hydrogen (secondary N) is 1. The molecule has 0 amide bonds. The molecular weight excluding hydrogens is 246 g/mol. The van der Waals surface area contributed by atoms with Crippen LogP contribution in [-0.4, -0.2) is 18.7 Å². The van der Waals surface area contributed by atoms with Gasteiger partial charge in [-0.05, 0) is 50.9 Å². The number of aryl methyl sites for hydroxylation is 1. The molecule has 0 aliphatic carbocycles. The van der Waals surface area contributed by atoms with Crippen molar-refractivity contribution in [3.05, 3.63) is 28.8 Å². The fourth-order valence-electron chi connectivity index (χ4n) is 1.76. The quantitative estimate of drug-likeness (QED) is 0.750. The first kappa shape index (κ1) is 15.3. The fourth-order valence-corrected chi connectivity index (χ4v) is 2.04. The van der Waals surface area contributed by atoms with Gasteiger partial charge in [-0.1, -0.05) is 31.5 Å². The van der Waals surface area contributed by atoms with Gasteiger partial charge < -0.3 is 10.1 Å². The molecule has 3 heteroatoms. The van der Waals surface area contributed by atoms with Crippen LogP contribution >= 0.6 is 11.6 Å². The summed E-state index contributed by atoms with van der Waals surface area (Å²) in [6.45, 7) is 9.47. The number of hydrogen-bond acceptors (Lipinski definition) is 2. The Morgan fingerprint density at radius 3 is 2.61 bits per heavy atom. The monoisotopic (exact) mass is 269 g/mol. The largest absolute Gasteiger partial charge is 0.489 e.